The summed E-state index contributed by atoms with van der Waals surface area (Å²) in [6.45, 7) is 2.57. The van der Waals surface area contributed by atoms with E-state index in [-0.39, 0.29) is 10.8 Å². The maximum Gasteiger partial charge on any atom is 0.283 e. The maximum absolute atomic E-state index is 12.7. The van der Waals surface area contributed by atoms with Crippen LogP contribution in [0.5, 0.6) is 0 Å². The Kier molecular flexibility index (Phi) is 4.92. The van der Waals surface area contributed by atoms with Crippen LogP contribution in [0.2, 0.25) is 0 Å². The van der Waals surface area contributed by atoms with Crippen LogP contribution in [-0.2, 0) is 10.0 Å². The number of hydrogen-bond donors (Lipinski definition) is 1. The average molecular weight is 358 g/mol. The molecular weight excluding hydrogens is 336 g/mol. The number of aryl methyl sites for hydroxylation is 1. The molecule has 1 saturated heterocycles. The zero-order valence-corrected chi connectivity index (χ0v) is 15.1. The van der Waals surface area contributed by atoms with Crippen molar-refractivity contribution in [3.8, 4) is 0 Å². The normalized spacial score (nSPS) is 20.8. The molecule has 0 bridgehead atoms. The highest BCUT2D eigenvalue weighted by Gasteiger charge is 2.35. The van der Waals surface area contributed by atoms with Crippen molar-refractivity contribution >= 4 is 15.9 Å². The molecule has 1 N–H and O–H groups in total. The van der Waals surface area contributed by atoms with Gasteiger partial charge in [0.2, 0.25) is 0 Å². The lowest BCUT2D eigenvalue weighted by atomic mass is 9.94. The molecule has 2 atom stereocenters. The molecule has 5 nitrogen and oxygen atoms in total. The number of nitrogens with zero attached hydrogens (tertiary/aromatic N) is 2. The molecule has 0 spiro atoms. The largest absolute Gasteiger partial charge is 0.388 e. The molecule has 25 heavy (non-hydrogen) atoms. The Balaban J connectivity index is 1.95. The molecule has 2 aromatic rings. The van der Waals surface area contributed by atoms with Gasteiger partial charge in [0.05, 0.1) is 11.0 Å². The number of amidine groups is 1. The summed E-state index contributed by atoms with van der Waals surface area (Å²) in [6.07, 6.45) is -0.118. The van der Waals surface area contributed by atoms with Crippen LogP contribution in [0.4, 0.5) is 0 Å². The van der Waals surface area contributed by atoms with Crippen LogP contribution in [0.15, 0.2) is 63.9 Å². The van der Waals surface area contributed by atoms with E-state index in [0.717, 1.165) is 11.1 Å². The number of aliphatic hydroxyl groups is 1. The highest BCUT2D eigenvalue weighted by atomic mass is 32.2. The first kappa shape index (κ1) is 17.6. The van der Waals surface area contributed by atoms with Crippen LogP contribution in [0.25, 0.3) is 0 Å². The molecule has 0 amide bonds. The van der Waals surface area contributed by atoms with Gasteiger partial charge in [0.25, 0.3) is 10.0 Å². The third-order valence-corrected chi connectivity index (χ3v) is 5.85. The van der Waals surface area contributed by atoms with Crippen LogP contribution < -0.4 is 0 Å². The molecule has 132 valence electrons. The molecule has 0 radical (unpaired) electrons. The predicted molar refractivity (Wildman–Crippen MR) is 97.9 cm³/mol. The van der Waals surface area contributed by atoms with Gasteiger partial charge < -0.3 is 10.0 Å². The summed E-state index contributed by atoms with van der Waals surface area (Å²) in [5, 5.41) is 10.7. The molecule has 1 fully saturated rings. The van der Waals surface area contributed by atoms with Gasteiger partial charge in [0, 0.05) is 19.5 Å². The Morgan fingerprint density at radius 3 is 2.40 bits per heavy atom. The average Bonchev–Trinajstić information content (AvgIpc) is 2.95. The molecular formula is C19H22N2O3S. The molecule has 0 unspecified atom stereocenters. The van der Waals surface area contributed by atoms with Gasteiger partial charge in [-0.3, -0.25) is 0 Å². The van der Waals surface area contributed by atoms with Gasteiger partial charge in [-0.1, -0.05) is 48.0 Å². The summed E-state index contributed by atoms with van der Waals surface area (Å²) in [4.78, 5) is 1.97. The molecule has 0 aromatic heterocycles. The summed E-state index contributed by atoms with van der Waals surface area (Å²) < 4.78 is 29.4. The van der Waals surface area contributed by atoms with E-state index in [0.29, 0.717) is 18.8 Å². The van der Waals surface area contributed by atoms with E-state index in [4.69, 9.17) is 0 Å². The van der Waals surface area contributed by atoms with E-state index < -0.39 is 16.1 Å². The van der Waals surface area contributed by atoms with Crippen molar-refractivity contribution in [3.05, 3.63) is 65.7 Å². The minimum Gasteiger partial charge on any atom is -0.388 e. The van der Waals surface area contributed by atoms with Gasteiger partial charge in [0.1, 0.15) is 5.84 Å². The van der Waals surface area contributed by atoms with Crippen molar-refractivity contribution in [2.45, 2.75) is 24.3 Å². The Bertz CT molecular complexity index is 861. The van der Waals surface area contributed by atoms with E-state index in [1.807, 2.05) is 42.2 Å². The van der Waals surface area contributed by atoms with Crippen molar-refractivity contribution in [1.82, 2.24) is 4.90 Å². The Morgan fingerprint density at radius 2 is 1.76 bits per heavy atom. The summed E-state index contributed by atoms with van der Waals surface area (Å²) >= 11 is 0. The standard InChI is InChI=1S/C19H22N2O3S/c1-14-8-10-16(11-9-14)25(23,24)20-19-17(12-13-21(19)2)18(22)15-6-4-3-5-7-15/h3-11,17-18,22H,12-13H2,1-2H3/b20-19-/t17-,18+/m0/s1. The summed E-state index contributed by atoms with van der Waals surface area (Å²) in [5.41, 5.74) is 1.75. The zero-order chi connectivity index (χ0) is 18.0. The number of aliphatic hydroxyl groups excluding tert-OH is 1. The molecule has 1 aliphatic heterocycles. The number of likely N-dealkylation sites (tertiary alicyclic amines) is 1. The lowest BCUT2D eigenvalue weighted by molar-refractivity contribution is 0.141. The topological polar surface area (TPSA) is 70.0 Å². The number of benzene rings is 2. The van der Waals surface area contributed by atoms with Crippen LogP contribution >= 0.6 is 0 Å². The number of sulfonamides is 1. The molecule has 1 aliphatic rings. The fourth-order valence-corrected chi connectivity index (χ4v) is 4.17. The van der Waals surface area contributed by atoms with Crippen molar-refractivity contribution < 1.29 is 13.5 Å². The third kappa shape index (κ3) is 3.75. The molecule has 2 aromatic carbocycles. The first-order valence-corrected chi connectivity index (χ1v) is 9.68. The Labute approximate surface area is 148 Å². The van der Waals surface area contributed by atoms with Gasteiger partial charge in [0.15, 0.2) is 0 Å². The SMILES string of the molecule is Cc1ccc(S(=O)(=O)/N=C2/[C@H]([C@H](O)c3ccccc3)CCN2C)cc1. The second-order valence-electron chi connectivity index (χ2n) is 6.41. The second-order valence-corrected chi connectivity index (χ2v) is 8.01. The number of rotatable bonds is 4. The van der Waals surface area contributed by atoms with Gasteiger partial charge in [-0.2, -0.15) is 8.42 Å². The van der Waals surface area contributed by atoms with Crippen LogP contribution in [-0.4, -0.2) is 37.9 Å². The van der Waals surface area contributed by atoms with Crippen LogP contribution in [0, 0.1) is 12.8 Å². The summed E-state index contributed by atoms with van der Waals surface area (Å²) in [6, 6.07) is 15.9. The van der Waals surface area contributed by atoms with Crippen molar-refractivity contribution in [1.29, 1.82) is 0 Å². The van der Waals surface area contributed by atoms with Crippen LogP contribution in [0.3, 0.4) is 0 Å². The maximum atomic E-state index is 12.7. The minimum atomic E-state index is -3.81. The molecule has 1 heterocycles. The number of hydrogen-bond acceptors (Lipinski definition) is 3. The van der Waals surface area contributed by atoms with Crippen molar-refractivity contribution in [2.24, 2.45) is 10.3 Å². The lowest BCUT2D eigenvalue weighted by Crippen LogP contribution is -2.28. The monoisotopic (exact) mass is 358 g/mol. The lowest BCUT2D eigenvalue weighted by Gasteiger charge is -2.21. The first-order valence-electron chi connectivity index (χ1n) is 8.24. The highest BCUT2D eigenvalue weighted by Crippen LogP contribution is 2.32. The summed E-state index contributed by atoms with van der Waals surface area (Å²) in [5.74, 6) is 0.0737. The van der Waals surface area contributed by atoms with Gasteiger partial charge in [-0.15, -0.1) is 4.40 Å². The van der Waals surface area contributed by atoms with E-state index in [9.17, 15) is 13.5 Å². The highest BCUT2D eigenvalue weighted by molar-refractivity contribution is 7.90. The Hall–Kier alpha value is -2.18. The molecule has 3 rings (SSSR count). The van der Waals surface area contributed by atoms with E-state index in [1.54, 1.807) is 31.3 Å². The van der Waals surface area contributed by atoms with Crippen molar-refractivity contribution in [3.63, 3.8) is 0 Å². The second kappa shape index (κ2) is 6.98. The first-order chi connectivity index (χ1) is 11.9. The summed E-state index contributed by atoms with van der Waals surface area (Å²) in [7, 11) is -2.00. The molecule has 6 heteroatoms. The molecule has 0 aliphatic carbocycles. The van der Waals surface area contributed by atoms with E-state index in [2.05, 4.69) is 4.40 Å². The van der Waals surface area contributed by atoms with Gasteiger partial charge >= 0.3 is 0 Å². The fraction of sp³-hybridized carbons (Fsp3) is 0.316. The minimum absolute atomic E-state index is 0.166. The van der Waals surface area contributed by atoms with Gasteiger partial charge in [-0.25, -0.2) is 0 Å². The van der Waals surface area contributed by atoms with Gasteiger partial charge in [-0.05, 0) is 31.0 Å². The third-order valence-electron chi connectivity index (χ3n) is 4.55. The fourth-order valence-electron chi connectivity index (χ4n) is 3.06. The Morgan fingerprint density at radius 1 is 1.12 bits per heavy atom. The zero-order valence-electron chi connectivity index (χ0n) is 14.3. The van der Waals surface area contributed by atoms with Crippen LogP contribution in [0.1, 0.15) is 23.7 Å². The molecule has 0 saturated carbocycles. The van der Waals surface area contributed by atoms with E-state index in [1.165, 1.54) is 0 Å². The predicted octanol–water partition coefficient (Wildman–Crippen LogP) is 2.77. The van der Waals surface area contributed by atoms with Crippen molar-refractivity contribution in [2.75, 3.05) is 13.6 Å². The quantitative estimate of drug-likeness (QED) is 0.912. The van der Waals surface area contributed by atoms with E-state index >= 15 is 0 Å². The smallest absolute Gasteiger partial charge is 0.283 e.